The zero-order valence-corrected chi connectivity index (χ0v) is 12.5. The Balaban J connectivity index is 2.37. The molecule has 3 nitrogen and oxygen atoms in total. The van der Waals surface area contributed by atoms with E-state index >= 15 is 0 Å². The maximum absolute atomic E-state index is 13.6. The van der Waals surface area contributed by atoms with Crippen LogP contribution in [0.4, 0.5) is 4.39 Å². The van der Waals surface area contributed by atoms with E-state index in [1.165, 1.54) is 13.2 Å². The molecule has 1 atom stereocenters. The summed E-state index contributed by atoms with van der Waals surface area (Å²) in [6.07, 6.45) is 0. The van der Waals surface area contributed by atoms with Crippen LogP contribution in [0.5, 0.6) is 11.5 Å². The molecule has 0 heterocycles. The molecule has 0 aliphatic carbocycles. The average Bonchev–Trinajstić information content (AvgIpc) is 2.53. The van der Waals surface area contributed by atoms with Gasteiger partial charge in [-0.1, -0.05) is 25.1 Å². The van der Waals surface area contributed by atoms with Gasteiger partial charge in [0.1, 0.15) is 5.75 Å². The molecule has 2 aromatic carbocycles. The zero-order valence-electron chi connectivity index (χ0n) is 12.5. The quantitative estimate of drug-likeness (QED) is 0.882. The van der Waals surface area contributed by atoms with Crippen molar-refractivity contribution in [3.63, 3.8) is 0 Å². The number of hydrogen-bond donors (Lipinski definition) is 1. The Labute approximate surface area is 124 Å². The van der Waals surface area contributed by atoms with E-state index in [0.29, 0.717) is 0 Å². The Kier molecular flexibility index (Phi) is 5.17. The minimum absolute atomic E-state index is 0.0181. The standard InChI is InChI=1S/C17H20FNO2/c1-4-19-17(12-5-8-14(20-2)9-6-12)13-7-10-15(18)16(11-13)21-3/h5-11,17,19H,4H2,1-3H3. The zero-order chi connectivity index (χ0) is 15.2. The molecular formula is C17H20FNO2. The van der Waals surface area contributed by atoms with E-state index in [9.17, 15) is 4.39 Å². The van der Waals surface area contributed by atoms with Crippen molar-refractivity contribution in [2.24, 2.45) is 0 Å². The molecular weight excluding hydrogens is 269 g/mol. The molecule has 0 aliphatic rings. The van der Waals surface area contributed by atoms with Crippen LogP contribution in [-0.4, -0.2) is 20.8 Å². The van der Waals surface area contributed by atoms with E-state index in [1.807, 2.05) is 31.2 Å². The third kappa shape index (κ3) is 3.52. The van der Waals surface area contributed by atoms with Gasteiger partial charge in [0.05, 0.1) is 20.3 Å². The second-order valence-electron chi connectivity index (χ2n) is 4.66. The summed E-state index contributed by atoms with van der Waals surface area (Å²) in [6.45, 7) is 2.84. The molecule has 0 radical (unpaired) electrons. The van der Waals surface area contributed by atoms with Gasteiger partial charge in [-0.25, -0.2) is 4.39 Å². The molecule has 21 heavy (non-hydrogen) atoms. The van der Waals surface area contributed by atoms with E-state index in [0.717, 1.165) is 23.4 Å². The van der Waals surface area contributed by atoms with Crippen molar-refractivity contribution in [1.82, 2.24) is 5.32 Å². The molecule has 0 aliphatic heterocycles. The number of hydrogen-bond acceptors (Lipinski definition) is 3. The highest BCUT2D eigenvalue weighted by molar-refractivity contribution is 5.39. The fraction of sp³-hybridized carbons (Fsp3) is 0.294. The lowest BCUT2D eigenvalue weighted by Gasteiger charge is -2.20. The van der Waals surface area contributed by atoms with Crippen LogP contribution in [0.1, 0.15) is 24.1 Å². The van der Waals surface area contributed by atoms with Gasteiger partial charge in [0.2, 0.25) is 0 Å². The second kappa shape index (κ2) is 7.09. The highest BCUT2D eigenvalue weighted by Gasteiger charge is 2.15. The van der Waals surface area contributed by atoms with E-state index in [4.69, 9.17) is 9.47 Å². The van der Waals surface area contributed by atoms with Crippen LogP contribution in [0.2, 0.25) is 0 Å². The molecule has 0 spiro atoms. The number of ether oxygens (including phenoxy) is 2. The summed E-state index contributed by atoms with van der Waals surface area (Å²) in [4.78, 5) is 0. The molecule has 2 rings (SSSR count). The molecule has 0 aromatic heterocycles. The summed E-state index contributed by atoms with van der Waals surface area (Å²) < 4.78 is 23.8. The minimum Gasteiger partial charge on any atom is -0.497 e. The fourth-order valence-corrected chi connectivity index (χ4v) is 2.28. The van der Waals surface area contributed by atoms with Crippen molar-refractivity contribution >= 4 is 0 Å². The molecule has 1 unspecified atom stereocenters. The van der Waals surface area contributed by atoms with E-state index in [2.05, 4.69) is 5.32 Å². The average molecular weight is 289 g/mol. The van der Waals surface area contributed by atoms with Crippen molar-refractivity contribution in [3.8, 4) is 11.5 Å². The smallest absolute Gasteiger partial charge is 0.165 e. The number of benzene rings is 2. The van der Waals surface area contributed by atoms with Crippen LogP contribution >= 0.6 is 0 Å². The highest BCUT2D eigenvalue weighted by atomic mass is 19.1. The summed E-state index contributed by atoms with van der Waals surface area (Å²) in [5, 5.41) is 3.40. The molecule has 4 heteroatoms. The normalized spacial score (nSPS) is 12.0. The fourth-order valence-electron chi connectivity index (χ4n) is 2.28. The van der Waals surface area contributed by atoms with Crippen LogP contribution in [0.3, 0.4) is 0 Å². The Morgan fingerprint density at radius 1 is 1.00 bits per heavy atom. The lowest BCUT2D eigenvalue weighted by Crippen LogP contribution is -2.22. The molecule has 0 saturated heterocycles. The second-order valence-corrected chi connectivity index (χ2v) is 4.66. The van der Waals surface area contributed by atoms with Gasteiger partial charge in [0.15, 0.2) is 11.6 Å². The first-order valence-electron chi connectivity index (χ1n) is 6.90. The predicted octanol–water partition coefficient (Wildman–Crippen LogP) is 3.54. The van der Waals surface area contributed by atoms with Crippen LogP contribution in [0, 0.1) is 5.82 Å². The van der Waals surface area contributed by atoms with Gasteiger partial charge < -0.3 is 14.8 Å². The first-order chi connectivity index (χ1) is 10.2. The topological polar surface area (TPSA) is 30.5 Å². The van der Waals surface area contributed by atoms with Gasteiger partial charge in [-0.3, -0.25) is 0 Å². The lowest BCUT2D eigenvalue weighted by atomic mass is 9.98. The van der Waals surface area contributed by atoms with Gasteiger partial charge in [0, 0.05) is 0 Å². The molecule has 1 N–H and O–H groups in total. The highest BCUT2D eigenvalue weighted by Crippen LogP contribution is 2.28. The summed E-state index contributed by atoms with van der Waals surface area (Å²) in [6, 6.07) is 12.8. The molecule has 2 aromatic rings. The van der Waals surface area contributed by atoms with Gasteiger partial charge >= 0.3 is 0 Å². The van der Waals surface area contributed by atoms with Crippen molar-refractivity contribution in [1.29, 1.82) is 0 Å². The Morgan fingerprint density at radius 2 is 1.67 bits per heavy atom. The minimum atomic E-state index is -0.355. The SMILES string of the molecule is CCNC(c1ccc(OC)cc1)c1ccc(F)c(OC)c1. The van der Waals surface area contributed by atoms with E-state index in [-0.39, 0.29) is 17.6 Å². The van der Waals surface area contributed by atoms with Crippen LogP contribution in [0.15, 0.2) is 42.5 Å². The molecule has 112 valence electrons. The summed E-state index contributed by atoms with van der Waals surface area (Å²) in [7, 11) is 3.11. The van der Waals surface area contributed by atoms with Gasteiger partial charge in [0.25, 0.3) is 0 Å². The summed E-state index contributed by atoms with van der Waals surface area (Å²) in [5.41, 5.74) is 2.05. The Hall–Kier alpha value is -2.07. The third-order valence-electron chi connectivity index (χ3n) is 3.37. The maximum atomic E-state index is 13.6. The van der Waals surface area contributed by atoms with E-state index < -0.39 is 0 Å². The first-order valence-corrected chi connectivity index (χ1v) is 6.90. The van der Waals surface area contributed by atoms with Crippen molar-refractivity contribution in [2.75, 3.05) is 20.8 Å². The van der Waals surface area contributed by atoms with Gasteiger partial charge in [-0.05, 0) is 41.9 Å². The first kappa shape index (κ1) is 15.3. The lowest BCUT2D eigenvalue weighted by molar-refractivity contribution is 0.385. The molecule has 0 bridgehead atoms. The Morgan fingerprint density at radius 3 is 2.24 bits per heavy atom. The van der Waals surface area contributed by atoms with E-state index in [1.54, 1.807) is 19.2 Å². The predicted molar refractivity (Wildman–Crippen MR) is 81.5 cm³/mol. The number of rotatable bonds is 6. The van der Waals surface area contributed by atoms with Crippen LogP contribution in [0.25, 0.3) is 0 Å². The van der Waals surface area contributed by atoms with Crippen molar-refractivity contribution in [2.45, 2.75) is 13.0 Å². The monoisotopic (exact) mass is 289 g/mol. The maximum Gasteiger partial charge on any atom is 0.165 e. The third-order valence-corrected chi connectivity index (χ3v) is 3.37. The van der Waals surface area contributed by atoms with Gasteiger partial charge in [-0.15, -0.1) is 0 Å². The van der Waals surface area contributed by atoms with Crippen LogP contribution in [-0.2, 0) is 0 Å². The Bertz CT molecular complexity index is 584. The molecule has 0 saturated carbocycles. The number of nitrogens with one attached hydrogen (secondary N) is 1. The summed E-state index contributed by atoms with van der Waals surface area (Å²) >= 11 is 0. The van der Waals surface area contributed by atoms with Gasteiger partial charge in [-0.2, -0.15) is 0 Å². The summed E-state index contributed by atoms with van der Waals surface area (Å²) in [5.74, 6) is 0.709. The van der Waals surface area contributed by atoms with Crippen molar-refractivity contribution < 1.29 is 13.9 Å². The largest absolute Gasteiger partial charge is 0.497 e. The molecule has 0 amide bonds. The van der Waals surface area contributed by atoms with Crippen molar-refractivity contribution in [3.05, 3.63) is 59.4 Å². The molecule has 0 fully saturated rings. The van der Waals surface area contributed by atoms with Crippen LogP contribution < -0.4 is 14.8 Å². The number of methoxy groups -OCH3 is 2. The number of halogens is 1.